The van der Waals surface area contributed by atoms with Crippen molar-refractivity contribution in [1.82, 2.24) is 19.9 Å². The standard InChI is InChI=1S/C25H30N6O/c1-2-4-20(5-3-1)18-30-10-8-22(9-11-30)29-24-16-23(27-19-28-24)21-6-7-25(26-17-21)31-12-14-32-15-13-31/h1-7,16-17,19,22H,8-15,18H2,(H,27,28,29). The molecule has 2 aliphatic heterocycles. The molecule has 5 rings (SSSR count). The van der Waals surface area contributed by atoms with Crippen molar-refractivity contribution in [3.05, 3.63) is 66.6 Å². The number of hydrogen-bond acceptors (Lipinski definition) is 7. The molecule has 2 aliphatic rings. The maximum absolute atomic E-state index is 5.43. The van der Waals surface area contributed by atoms with Crippen LogP contribution in [0.25, 0.3) is 11.3 Å². The van der Waals surface area contributed by atoms with E-state index in [1.165, 1.54) is 5.56 Å². The topological polar surface area (TPSA) is 66.4 Å². The van der Waals surface area contributed by atoms with E-state index < -0.39 is 0 Å². The monoisotopic (exact) mass is 430 g/mol. The second-order valence-corrected chi connectivity index (χ2v) is 8.47. The second kappa shape index (κ2) is 10.1. The quantitative estimate of drug-likeness (QED) is 0.642. The Morgan fingerprint density at radius 3 is 2.47 bits per heavy atom. The summed E-state index contributed by atoms with van der Waals surface area (Å²) in [6, 6.07) is 17.3. The summed E-state index contributed by atoms with van der Waals surface area (Å²) in [5.74, 6) is 1.88. The summed E-state index contributed by atoms with van der Waals surface area (Å²) in [6.07, 6.45) is 5.76. The summed E-state index contributed by atoms with van der Waals surface area (Å²) in [5.41, 5.74) is 3.28. The summed E-state index contributed by atoms with van der Waals surface area (Å²) in [6.45, 7) is 6.51. The molecule has 1 N–H and O–H groups in total. The van der Waals surface area contributed by atoms with E-state index in [4.69, 9.17) is 4.74 Å². The Morgan fingerprint density at radius 1 is 0.906 bits per heavy atom. The maximum Gasteiger partial charge on any atom is 0.130 e. The van der Waals surface area contributed by atoms with Gasteiger partial charge < -0.3 is 15.0 Å². The molecule has 2 saturated heterocycles. The van der Waals surface area contributed by atoms with Crippen LogP contribution in [0.3, 0.4) is 0 Å². The van der Waals surface area contributed by atoms with Crippen LogP contribution in [0.15, 0.2) is 61.1 Å². The first-order valence-corrected chi connectivity index (χ1v) is 11.5. The number of likely N-dealkylation sites (tertiary alicyclic amines) is 1. The largest absolute Gasteiger partial charge is 0.378 e. The van der Waals surface area contributed by atoms with Crippen molar-refractivity contribution in [3.63, 3.8) is 0 Å². The number of nitrogens with zero attached hydrogens (tertiary/aromatic N) is 5. The van der Waals surface area contributed by atoms with Crippen LogP contribution >= 0.6 is 0 Å². The van der Waals surface area contributed by atoms with Crippen LogP contribution in [0.1, 0.15) is 18.4 Å². The molecule has 2 aromatic heterocycles. The molecule has 7 heteroatoms. The number of benzene rings is 1. The molecule has 0 bridgehead atoms. The Balaban J connectivity index is 1.17. The Kier molecular flexibility index (Phi) is 6.55. The van der Waals surface area contributed by atoms with Crippen molar-refractivity contribution in [2.75, 3.05) is 49.6 Å². The van der Waals surface area contributed by atoms with Gasteiger partial charge in [0, 0.05) is 56.6 Å². The van der Waals surface area contributed by atoms with Crippen molar-refractivity contribution < 1.29 is 4.74 Å². The van der Waals surface area contributed by atoms with Gasteiger partial charge in [-0.2, -0.15) is 0 Å². The average molecular weight is 431 g/mol. The second-order valence-electron chi connectivity index (χ2n) is 8.47. The molecule has 166 valence electrons. The van der Waals surface area contributed by atoms with Crippen molar-refractivity contribution in [1.29, 1.82) is 0 Å². The van der Waals surface area contributed by atoms with Gasteiger partial charge in [-0.1, -0.05) is 30.3 Å². The summed E-state index contributed by atoms with van der Waals surface area (Å²) < 4.78 is 5.43. The van der Waals surface area contributed by atoms with Gasteiger partial charge in [0.2, 0.25) is 0 Å². The smallest absolute Gasteiger partial charge is 0.130 e. The molecule has 7 nitrogen and oxygen atoms in total. The van der Waals surface area contributed by atoms with Gasteiger partial charge in [-0.3, -0.25) is 4.90 Å². The summed E-state index contributed by atoms with van der Waals surface area (Å²) in [7, 11) is 0. The fourth-order valence-corrected chi connectivity index (χ4v) is 4.40. The van der Waals surface area contributed by atoms with E-state index in [0.29, 0.717) is 6.04 Å². The SMILES string of the molecule is c1ccc(CN2CCC(Nc3cc(-c4ccc(N5CCOCC5)nc4)ncn3)CC2)cc1. The number of pyridine rings is 1. The Hall–Kier alpha value is -3.03. The first-order valence-electron chi connectivity index (χ1n) is 11.5. The lowest BCUT2D eigenvalue weighted by Crippen LogP contribution is -2.38. The molecule has 0 aliphatic carbocycles. The van der Waals surface area contributed by atoms with Gasteiger partial charge in [0.25, 0.3) is 0 Å². The normalized spacial score (nSPS) is 17.9. The lowest BCUT2D eigenvalue weighted by molar-refractivity contribution is 0.122. The highest BCUT2D eigenvalue weighted by molar-refractivity contribution is 5.62. The van der Waals surface area contributed by atoms with Crippen LogP contribution in [-0.2, 0) is 11.3 Å². The van der Waals surface area contributed by atoms with Crippen LogP contribution < -0.4 is 10.2 Å². The first kappa shape index (κ1) is 20.8. The van der Waals surface area contributed by atoms with Gasteiger partial charge >= 0.3 is 0 Å². The van der Waals surface area contributed by atoms with Crippen molar-refractivity contribution in [3.8, 4) is 11.3 Å². The van der Waals surface area contributed by atoms with Crippen molar-refractivity contribution in [2.24, 2.45) is 0 Å². The third-order valence-corrected chi connectivity index (χ3v) is 6.23. The van der Waals surface area contributed by atoms with Gasteiger partial charge in [-0.05, 0) is 30.5 Å². The van der Waals surface area contributed by atoms with Crippen LogP contribution in [0.2, 0.25) is 0 Å². The summed E-state index contributed by atoms with van der Waals surface area (Å²) in [4.78, 5) is 18.4. The third-order valence-electron chi connectivity index (χ3n) is 6.23. The van der Waals surface area contributed by atoms with E-state index >= 15 is 0 Å². The number of rotatable bonds is 6. The minimum Gasteiger partial charge on any atom is -0.378 e. The van der Waals surface area contributed by atoms with E-state index in [0.717, 1.165) is 81.7 Å². The number of ether oxygens (including phenoxy) is 1. The molecule has 0 unspecified atom stereocenters. The van der Waals surface area contributed by atoms with E-state index in [1.807, 2.05) is 12.3 Å². The Labute approximate surface area is 189 Å². The highest BCUT2D eigenvalue weighted by Gasteiger charge is 2.20. The zero-order valence-corrected chi connectivity index (χ0v) is 18.4. The van der Waals surface area contributed by atoms with Crippen molar-refractivity contribution in [2.45, 2.75) is 25.4 Å². The Morgan fingerprint density at radius 2 is 1.72 bits per heavy atom. The lowest BCUT2D eigenvalue weighted by Gasteiger charge is -2.32. The van der Waals surface area contributed by atoms with E-state index in [1.54, 1.807) is 6.33 Å². The number of hydrogen-bond donors (Lipinski definition) is 1. The molecule has 2 fully saturated rings. The van der Waals surface area contributed by atoms with Gasteiger partial charge in [0.1, 0.15) is 18.0 Å². The molecular formula is C25H30N6O. The number of morpholine rings is 1. The molecule has 4 heterocycles. The molecule has 3 aromatic rings. The highest BCUT2D eigenvalue weighted by Crippen LogP contribution is 2.23. The van der Waals surface area contributed by atoms with Crippen molar-refractivity contribution >= 4 is 11.6 Å². The fraction of sp³-hybridized carbons (Fsp3) is 0.400. The van der Waals surface area contributed by atoms with Crippen LogP contribution in [0.5, 0.6) is 0 Å². The van der Waals surface area contributed by atoms with Gasteiger partial charge in [-0.15, -0.1) is 0 Å². The molecule has 0 spiro atoms. The lowest BCUT2D eigenvalue weighted by atomic mass is 10.0. The fourth-order valence-electron chi connectivity index (χ4n) is 4.40. The minimum absolute atomic E-state index is 0.437. The van der Waals surface area contributed by atoms with Crippen LogP contribution in [0, 0.1) is 0 Å². The maximum atomic E-state index is 5.43. The molecule has 0 atom stereocenters. The summed E-state index contributed by atoms with van der Waals surface area (Å²) in [5, 5.41) is 3.62. The highest BCUT2D eigenvalue weighted by atomic mass is 16.5. The van der Waals surface area contributed by atoms with Crippen LogP contribution in [0.4, 0.5) is 11.6 Å². The third kappa shape index (κ3) is 5.23. The molecule has 0 radical (unpaired) electrons. The predicted octanol–water partition coefficient (Wildman–Crippen LogP) is 3.45. The van der Waals surface area contributed by atoms with Gasteiger partial charge in [0.05, 0.1) is 18.9 Å². The zero-order valence-electron chi connectivity index (χ0n) is 18.4. The van der Waals surface area contributed by atoms with Gasteiger partial charge in [-0.25, -0.2) is 15.0 Å². The number of anilines is 2. The van der Waals surface area contributed by atoms with E-state index in [2.05, 4.69) is 72.5 Å². The molecule has 1 aromatic carbocycles. The molecule has 0 saturated carbocycles. The zero-order chi connectivity index (χ0) is 21.6. The molecule has 0 amide bonds. The van der Waals surface area contributed by atoms with E-state index in [9.17, 15) is 0 Å². The summed E-state index contributed by atoms with van der Waals surface area (Å²) >= 11 is 0. The van der Waals surface area contributed by atoms with Gasteiger partial charge in [0.15, 0.2) is 0 Å². The predicted molar refractivity (Wildman–Crippen MR) is 127 cm³/mol. The number of aromatic nitrogens is 3. The molecule has 32 heavy (non-hydrogen) atoms. The first-order chi connectivity index (χ1) is 15.8. The Bertz CT molecular complexity index is 983. The van der Waals surface area contributed by atoms with Crippen LogP contribution in [-0.4, -0.2) is 65.3 Å². The molecular weight excluding hydrogens is 400 g/mol. The average Bonchev–Trinajstić information content (AvgIpc) is 2.87. The number of nitrogens with one attached hydrogen (secondary N) is 1. The van der Waals surface area contributed by atoms with E-state index in [-0.39, 0.29) is 0 Å². The minimum atomic E-state index is 0.437. The number of piperidine rings is 1.